The van der Waals surface area contributed by atoms with E-state index in [9.17, 15) is 12.8 Å². The van der Waals surface area contributed by atoms with E-state index in [1.807, 2.05) is 0 Å². The van der Waals surface area contributed by atoms with Gasteiger partial charge in [-0.05, 0) is 18.2 Å². The third-order valence-corrected chi connectivity index (χ3v) is 2.38. The molecule has 0 aliphatic carbocycles. The smallest absolute Gasteiger partial charge is 0.264 e. The predicted octanol–water partition coefficient (Wildman–Crippen LogP) is 1.32. The maximum absolute atomic E-state index is 12.5. The van der Waals surface area contributed by atoms with Gasteiger partial charge in [0.1, 0.15) is 5.82 Å². The van der Waals surface area contributed by atoms with Crippen molar-refractivity contribution in [2.75, 3.05) is 0 Å². The number of benzene rings is 1. The van der Waals surface area contributed by atoms with Crippen molar-refractivity contribution in [1.82, 2.24) is 0 Å². The normalized spacial score (nSPS) is 11.5. The molecule has 0 unspecified atom stereocenters. The molecule has 5 heteroatoms. The van der Waals surface area contributed by atoms with Crippen LogP contribution in [0.4, 0.5) is 4.39 Å². The van der Waals surface area contributed by atoms with Gasteiger partial charge in [0.15, 0.2) is 0 Å². The highest BCUT2D eigenvalue weighted by Crippen LogP contribution is 2.12. The Bertz CT molecular complexity index is 372. The molecule has 1 rings (SSSR count). The fourth-order valence-corrected chi connectivity index (χ4v) is 1.33. The van der Waals surface area contributed by atoms with Gasteiger partial charge in [0.25, 0.3) is 10.1 Å². The Morgan fingerprint density at radius 3 is 2.58 bits per heavy atom. The van der Waals surface area contributed by atoms with Crippen LogP contribution in [-0.2, 0) is 14.3 Å². The third kappa shape index (κ3) is 1.80. The first kappa shape index (κ1) is 9.15. The van der Waals surface area contributed by atoms with Gasteiger partial charge in [-0.2, -0.15) is 8.42 Å². The first-order valence-corrected chi connectivity index (χ1v) is 4.41. The van der Waals surface area contributed by atoms with Gasteiger partial charge in [-0.25, -0.2) is 4.39 Å². The largest absolute Gasteiger partial charge is 0.297 e. The highest BCUT2D eigenvalue weighted by molar-refractivity contribution is 7.86. The first-order valence-electron chi connectivity index (χ1n) is 3.00. The minimum atomic E-state index is -3.87. The number of hydrogen-bond donors (Lipinski definition) is 0. The van der Waals surface area contributed by atoms with E-state index in [0.29, 0.717) is 0 Å². The second kappa shape index (κ2) is 3.20. The Balaban J connectivity index is 3.21. The van der Waals surface area contributed by atoms with Crippen molar-refractivity contribution in [3.63, 3.8) is 0 Å². The lowest BCUT2D eigenvalue weighted by Gasteiger charge is -1.99. The van der Waals surface area contributed by atoms with Gasteiger partial charge in [-0.1, -0.05) is 6.07 Å². The zero-order valence-corrected chi connectivity index (χ0v) is 6.84. The van der Waals surface area contributed by atoms with Crippen LogP contribution in [0.3, 0.4) is 0 Å². The van der Waals surface area contributed by atoms with Crippen LogP contribution >= 0.6 is 0 Å². The van der Waals surface area contributed by atoms with Crippen LogP contribution in [-0.4, -0.2) is 8.42 Å². The standard InChI is InChI=1S/C7H6FO3S/c1-11-12(9,10)7-4-2-3-6(8)5-7/h2-5H,1H2. The molecule has 0 amide bonds. The number of halogens is 1. The molecule has 0 aromatic heterocycles. The van der Waals surface area contributed by atoms with Crippen molar-refractivity contribution < 1.29 is 17.0 Å². The summed E-state index contributed by atoms with van der Waals surface area (Å²) in [5, 5.41) is 0. The van der Waals surface area contributed by atoms with E-state index in [0.717, 1.165) is 12.1 Å². The first-order chi connectivity index (χ1) is 5.56. The highest BCUT2D eigenvalue weighted by atomic mass is 32.2. The molecule has 3 nitrogen and oxygen atoms in total. The van der Waals surface area contributed by atoms with Crippen molar-refractivity contribution in [3.05, 3.63) is 37.2 Å². The Kier molecular flexibility index (Phi) is 2.44. The van der Waals surface area contributed by atoms with Gasteiger partial charge in [-0.15, -0.1) is 0 Å². The molecule has 1 aromatic rings. The van der Waals surface area contributed by atoms with E-state index in [1.54, 1.807) is 0 Å². The van der Waals surface area contributed by atoms with Crippen LogP contribution in [0.15, 0.2) is 29.2 Å². The van der Waals surface area contributed by atoms with Crippen molar-refractivity contribution in [3.8, 4) is 0 Å². The minimum absolute atomic E-state index is 0.238. The van der Waals surface area contributed by atoms with E-state index in [2.05, 4.69) is 11.3 Å². The maximum Gasteiger partial charge on any atom is 0.297 e. The van der Waals surface area contributed by atoms with E-state index in [1.165, 1.54) is 12.1 Å². The quantitative estimate of drug-likeness (QED) is 0.659. The molecule has 0 saturated heterocycles. The van der Waals surface area contributed by atoms with E-state index >= 15 is 0 Å². The van der Waals surface area contributed by atoms with Crippen LogP contribution in [0, 0.1) is 12.9 Å². The van der Waals surface area contributed by atoms with Gasteiger partial charge in [0.2, 0.25) is 0 Å². The van der Waals surface area contributed by atoms with Crippen molar-refractivity contribution in [2.45, 2.75) is 4.90 Å². The molecular weight excluding hydrogens is 183 g/mol. The topological polar surface area (TPSA) is 43.4 Å². The lowest BCUT2D eigenvalue weighted by atomic mass is 10.4. The zero-order chi connectivity index (χ0) is 9.19. The van der Waals surface area contributed by atoms with Crippen LogP contribution < -0.4 is 0 Å². The molecule has 0 bridgehead atoms. The van der Waals surface area contributed by atoms with Crippen LogP contribution in [0.5, 0.6) is 0 Å². The Morgan fingerprint density at radius 1 is 1.42 bits per heavy atom. The van der Waals surface area contributed by atoms with E-state index in [4.69, 9.17) is 0 Å². The SMILES string of the molecule is [CH2]OS(=O)(=O)c1cccc(F)c1. The fourth-order valence-electron chi connectivity index (χ4n) is 0.691. The monoisotopic (exact) mass is 189 g/mol. The lowest BCUT2D eigenvalue weighted by Crippen LogP contribution is -2.01. The molecule has 0 saturated carbocycles. The van der Waals surface area contributed by atoms with Gasteiger partial charge < -0.3 is 0 Å². The minimum Gasteiger partial charge on any atom is -0.264 e. The summed E-state index contributed by atoms with van der Waals surface area (Å²) in [7, 11) is -1.12. The summed E-state index contributed by atoms with van der Waals surface area (Å²) in [5.41, 5.74) is 0. The molecule has 0 heterocycles. The predicted molar refractivity (Wildman–Crippen MR) is 40.0 cm³/mol. The van der Waals surface area contributed by atoms with Crippen molar-refractivity contribution in [1.29, 1.82) is 0 Å². The second-order valence-corrected chi connectivity index (χ2v) is 3.64. The summed E-state index contributed by atoms with van der Waals surface area (Å²) in [4.78, 5) is -0.238. The molecule has 12 heavy (non-hydrogen) atoms. The van der Waals surface area contributed by atoms with Crippen molar-refractivity contribution in [2.24, 2.45) is 0 Å². The second-order valence-electron chi connectivity index (χ2n) is 2.03. The third-order valence-electron chi connectivity index (χ3n) is 1.24. The summed E-state index contributed by atoms with van der Waals surface area (Å²) in [5.74, 6) is -0.631. The average Bonchev–Trinajstić information content (AvgIpc) is 2.05. The Labute approximate surface area is 69.9 Å². The molecule has 65 valence electrons. The van der Waals surface area contributed by atoms with Gasteiger partial charge >= 0.3 is 0 Å². The van der Waals surface area contributed by atoms with Gasteiger partial charge in [0.05, 0.1) is 12.0 Å². The van der Waals surface area contributed by atoms with Crippen molar-refractivity contribution >= 4 is 10.1 Å². The van der Waals surface area contributed by atoms with Gasteiger partial charge in [-0.3, -0.25) is 4.18 Å². The average molecular weight is 189 g/mol. The summed E-state index contributed by atoms with van der Waals surface area (Å²) in [6, 6.07) is 4.51. The molecule has 0 N–H and O–H groups in total. The van der Waals surface area contributed by atoms with Crippen LogP contribution in [0.2, 0.25) is 0 Å². The molecule has 0 atom stereocenters. The fraction of sp³-hybridized carbons (Fsp3) is 0. The lowest BCUT2D eigenvalue weighted by molar-refractivity contribution is 0.437. The Hall–Kier alpha value is -0.940. The maximum atomic E-state index is 12.5. The highest BCUT2D eigenvalue weighted by Gasteiger charge is 2.12. The Morgan fingerprint density at radius 2 is 2.08 bits per heavy atom. The summed E-state index contributed by atoms with van der Waals surface area (Å²) in [6.45, 7) is 0. The van der Waals surface area contributed by atoms with E-state index in [-0.39, 0.29) is 4.90 Å². The zero-order valence-electron chi connectivity index (χ0n) is 6.03. The van der Waals surface area contributed by atoms with E-state index < -0.39 is 15.9 Å². The summed E-state index contributed by atoms with van der Waals surface area (Å²) < 4.78 is 38.2. The number of rotatable bonds is 2. The van der Waals surface area contributed by atoms with Gasteiger partial charge in [0, 0.05) is 0 Å². The molecule has 1 aromatic carbocycles. The van der Waals surface area contributed by atoms with Crippen LogP contribution in [0.25, 0.3) is 0 Å². The number of hydrogen-bond acceptors (Lipinski definition) is 3. The summed E-state index contributed by atoms with van der Waals surface area (Å²) >= 11 is 0. The molecular formula is C7H6FO3S. The molecule has 1 radical (unpaired) electrons. The molecule has 0 fully saturated rings. The van der Waals surface area contributed by atoms with Crippen LogP contribution in [0.1, 0.15) is 0 Å². The molecule has 0 aliphatic rings. The summed E-state index contributed by atoms with van der Waals surface area (Å²) in [6.07, 6.45) is 0. The molecule has 0 aliphatic heterocycles. The molecule has 0 spiro atoms.